The summed E-state index contributed by atoms with van der Waals surface area (Å²) < 4.78 is 24.3. The van der Waals surface area contributed by atoms with E-state index in [0.29, 0.717) is 11.4 Å². The van der Waals surface area contributed by atoms with E-state index in [9.17, 15) is 8.42 Å². The molecule has 2 nitrogen and oxygen atoms in total. The van der Waals surface area contributed by atoms with Gasteiger partial charge in [0.2, 0.25) is 0 Å². The predicted octanol–water partition coefficient (Wildman–Crippen LogP) is 5.52. The Morgan fingerprint density at radius 1 is 0.950 bits per heavy atom. The summed E-state index contributed by atoms with van der Waals surface area (Å²) in [5.74, 6) is 0.155. The Balaban J connectivity index is 2.42. The van der Waals surface area contributed by atoms with Crippen molar-refractivity contribution in [2.24, 2.45) is 0 Å². The fourth-order valence-corrected chi connectivity index (χ4v) is 4.28. The third kappa shape index (κ3) is 6.02. The molecule has 1 aromatic rings. The molecule has 0 fully saturated rings. The highest BCUT2D eigenvalue weighted by molar-refractivity contribution is 7.91. The highest BCUT2D eigenvalue weighted by Gasteiger charge is 2.17. The van der Waals surface area contributed by atoms with Crippen LogP contribution in [0.15, 0.2) is 23.1 Å². The summed E-state index contributed by atoms with van der Waals surface area (Å²) in [5.41, 5.74) is 0. The topological polar surface area (TPSA) is 34.1 Å². The predicted molar refractivity (Wildman–Crippen MR) is 86.5 cm³/mol. The van der Waals surface area contributed by atoms with E-state index in [0.717, 1.165) is 12.8 Å². The van der Waals surface area contributed by atoms with E-state index in [1.807, 2.05) is 0 Å². The molecule has 0 atom stereocenters. The zero-order valence-electron chi connectivity index (χ0n) is 11.9. The second kappa shape index (κ2) is 8.91. The van der Waals surface area contributed by atoms with Crippen molar-refractivity contribution in [1.82, 2.24) is 0 Å². The Kier molecular flexibility index (Phi) is 7.93. The van der Waals surface area contributed by atoms with Gasteiger partial charge in [0.1, 0.15) is 0 Å². The van der Waals surface area contributed by atoms with Crippen LogP contribution in [0.3, 0.4) is 0 Å². The van der Waals surface area contributed by atoms with E-state index in [1.54, 1.807) is 6.07 Å². The monoisotopic (exact) mass is 336 g/mol. The molecule has 0 amide bonds. The van der Waals surface area contributed by atoms with Crippen molar-refractivity contribution in [3.63, 3.8) is 0 Å². The van der Waals surface area contributed by atoms with Crippen LogP contribution in [-0.2, 0) is 9.84 Å². The third-order valence-corrected chi connectivity index (χ3v) is 5.76. The van der Waals surface area contributed by atoms with Crippen molar-refractivity contribution >= 4 is 33.0 Å². The molecule has 20 heavy (non-hydrogen) atoms. The molecule has 0 heterocycles. The molecule has 5 heteroatoms. The van der Waals surface area contributed by atoms with Crippen LogP contribution in [0.1, 0.15) is 51.9 Å². The first-order chi connectivity index (χ1) is 9.47. The molecule has 114 valence electrons. The van der Waals surface area contributed by atoms with Crippen LogP contribution >= 0.6 is 23.2 Å². The quantitative estimate of drug-likeness (QED) is 0.556. The maximum atomic E-state index is 12.2. The number of hydrogen-bond donors (Lipinski definition) is 0. The zero-order valence-corrected chi connectivity index (χ0v) is 14.2. The summed E-state index contributed by atoms with van der Waals surface area (Å²) in [5, 5.41) is 0.658. The molecule has 0 aliphatic carbocycles. The fourth-order valence-electron chi connectivity index (χ4n) is 2.09. The van der Waals surface area contributed by atoms with E-state index in [4.69, 9.17) is 23.2 Å². The van der Waals surface area contributed by atoms with Crippen LogP contribution < -0.4 is 0 Å². The van der Waals surface area contributed by atoms with Gasteiger partial charge in [-0.05, 0) is 24.6 Å². The molecule has 0 aliphatic heterocycles. The van der Waals surface area contributed by atoms with Crippen LogP contribution in [0.4, 0.5) is 0 Å². The molecule has 0 unspecified atom stereocenters. The molecule has 0 aromatic heterocycles. The second-order valence-electron chi connectivity index (χ2n) is 5.01. The summed E-state index contributed by atoms with van der Waals surface area (Å²) in [6.45, 7) is 2.18. The van der Waals surface area contributed by atoms with Crippen molar-refractivity contribution in [3.05, 3.63) is 28.2 Å². The highest BCUT2D eigenvalue weighted by Crippen LogP contribution is 2.26. The van der Waals surface area contributed by atoms with Crippen LogP contribution in [0.2, 0.25) is 10.0 Å². The Morgan fingerprint density at radius 3 is 2.15 bits per heavy atom. The normalized spacial score (nSPS) is 11.8. The first-order valence-electron chi connectivity index (χ1n) is 7.15. The van der Waals surface area contributed by atoms with Gasteiger partial charge in [-0.15, -0.1) is 0 Å². The minimum absolute atomic E-state index is 0.155. The third-order valence-electron chi connectivity index (χ3n) is 3.25. The summed E-state index contributed by atoms with van der Waals surface area (Å²) in [4.78, 5) is 0.189. The van der Waals surface area contributed by atoms with Gasteiger partial charge in [0.25, 0.3) is 0 Å². The zero-order chi connectivity index (χ0) is 15.0. The molecule has 0 aliphatic rings. The Morgan fingerprint density at radius 2 is 1.55 bits per heavy atom. The van der Waals surface area contributed by atoms with E-state index in [-0.39, 0.29) is 15.7 Å². The minimum atomic E-state index is -3.30. The summed E-state index contributed by atoms with van der Waals surface area (Å²) >= 11 is 11.7. The van der Waals surface area contributed by atoms with Crippen LogP contribution in [0.25, 0.3) is 0 Å². The van der Waals surface area contributed by atoms with Crippen molar-refractivity contribution in [3.8, 4) is 0 Å². The van der Waals surface area contributed by atoms with E-state index in [1.165, 1.54) is 37.8 Å². The fraction of sp³-hybridized carbons (Fsp3) is 0.600. The number of rotatable bonds is 9. The number of halogens is 2. The summed E-state index contributed by atoms with van der Waals surface area (Å²) in [6.07, 6.45) is 7.66. The van der Waals surface area contributed by atoms with Gasteiger partial charge >= 0.3 is 0 Å². The SMILES string of the molecule is CCCCCCCCCS(=O)(=O)c1ccc(Cl)cc1Cl. The number of unbranched alkanes of at least 4 members (excludes halogenated alkanes) is 6. The maximum absolute atomic E-state index is 12.2. The van der Waals surface area contributed by atoms with Gasteiger partial charge in [-0.1, -0.05) is 68.7 Å². The lowest BCUT2D eigenvalue weighted by Gasteiger charge is -2.07. The Hall–Kier alpha value is -0.250. The van der Waals surface area contributed by atoms with E-state index in [2.05, 4.69) is 6.92 Å². The van der Waals surface area contributed by atoms with Crippen LogP contribution in [0, 0.1) is 0 Å². The van der Waals surface area contributed by atoms with Gasteiger partial charge in [-0.3, -0.25) is 0 Å². The van der Waals surface area contributed by atoms with Gasteiger partial charge in [0.05, 0.1) is 15.7 Å². The van der Waals surface area contributed by atoms with Crippen molar-refractivity contribution in [2.75, 3.05) is 5.75 Å². The summed E-state index contributed by atoms with van der Waals surface area (Å²) in [6, 6.07) is 4.52. The number of hydrogen-bond acceptors (Lipinski definition) is 2. The molecule has 0 radical (unpaired) electrons. The second-order valence-corrected chi connectivity index (χ2v) is 7.94. The smallest absolute Gasteiger partial charge is 0.179 e. The van der Waals surface area contributed by atoms with Gasteiger partial charge in [0, 0.05) is 5.02 Å². The van der Waals surface area contributed by atoms with E-state index >= 15 is 0 Å². The summed E-state index contributed by atoms with van der Waals surface area (Å²) in [7, 11) is -3.30. The molecule has 0 spiro atoms. The molecule has 0 bridgehead atoms. The molecule has 0 N–H and O–H groups in total. The first-order valence-corrected chi connectivity index (χ1v) is 9.56. The lowest BCUT2D eigenvalue weighted by Crippen LogP contribution is -2.07. The highest BCUT2D eigenvalue weighted by atomic mass is 35.5. The van der Waals surface area contributed by atoms with Crippen LogP contribution in [-0.4, -0.2) is 14.2 Å². The molecule has 0 saturated heterocycles. The Bertz CT molecular complexity index is 513. The molecule has 0 saturated carbocycles. The molecule has 1 rings (SSSR count). The van der Waals surface area contributed by atoms with Gasteiger partial charge in [0.15, 0.2) is 9.84 Å². The van der Waals surface area contributed by atoms with Gasteiger partial charge in [-0.25, -0.2) is 8.42 Å². The van der Waals surface area contributed by atoms with Crippen molar-refractivity contribution in [1.29, 1.82) is 0 Å². The maximum Gasteiger partial charge on any atom is 0.179 e. The average Bonchev–Trinajstić information content (AvgIpc) is 2.37. The largest absolute Gasteiger partial charge is 0.224 e. The van der Waals surface area contributed by atoms with Gasteiger partial charge < -0.3 is 0 Å². The lowest BCUT2D eigenvalue weighted by atomic mass is 10.1. The number of sulfone groups is 1. The molecule has 1 aromatic carbocycles. The first kappa shape index (κ1) is 17.8. The minimum Gasteiger partial charge on any atom is -0.224 e. The van der Waals surface area contributed by atoms with Crippen molar-refractivity contribution < 1.29 is 8.42 Å². The van der Waals surface area contributed by atoms with Gasteiger partial charge in [-0.2, -0.15) is 0 Å². The van der Waals surface area contributed by atoms with Crippen LogP contribution in [0.5, 0.6) is 0 Å². The van der Waals surface area contributed by atoms with Crippen molar-refractivity contribution in [2.45, 2.75) is 56.8 Å². The Labute approximate surface area is 132 Å². The average molecular weight is 337 g/mol. The van der Waals surface area contributed by atoms with E-state index < -0.39 is 9.84 Å². The lowest BCUT2D eigenvalue weighted by molar-refractivity contribution is 0.579. The molecular formula is C15H22Cl2O2S. The molecular weight excluding hydrogens is 315 g/mol. The number of benzene rings is 1. The standard InChI is InChI=1S/C15H22Cl2O2S/c1-2-3-4-5-6-7-8-11-20(18,19)15-10-9-13(16)12-14(15)17/h9-10,12H,2-8,11H2,1H3.